The number of methoxy groups -OCH3 is 1. The molecule has 0 aromatic carbocycles. The second kappa shape index (κ2) is 4.94. The van der Waals surface area contributed by atoms with E-state index in [9.17, 15) is 0 Å². The van der Waals surface area contributed by atoms with Gasteiger partial charge in [-0.15, -0.1) is 0 Å². The molecule has 1 fully saturated rings. The van der Waals surface area contributed by atoms with Gasteiger partial charge in [-0.3, -0.25) is 0 Å². The van der Waals surface area contributed by atoms with Crippen molar-refractivity contribution >= 4 is 0 Å². The summed E-state index contributed by atoms with van der Waals surface area (Å²) in [5, 5.41) is 3.43. The molecule has 1 heterocycles. The van der Waals surface area contributed by atoms with E-state index in [1.807, 2.05) is 12.4 Å². The highest BCUT2D eigenvalue weighted by atomic mass is 16.5. The van der Waals surface area contributed by atoms with Gasteiger partial charge in [0.15, 0.2) is 5.82 Å². The second-order valence-electron chi connectivity index (χ2n) is 6.07. The minimum atomic E-state index is -0.212. The highest BCUT2D eigenvalue weighted by Gasteiger charge is 2.41. The van der Waals surface area contributed by atoms with Crippen LogP contribution in [-0.2, 0) is 16.9 Å². The molecule has 0 atom stereocenters. The van der Waals surface area contributed by atoms with E-state index in [0.29, 0.717) is 0 Å². The normalized spacial score (nSPS) is 18.4. The zero-order chi connectivity index (χ0) is 13.2. The van der Waals surface area contributed by atoms with Crippen LogP contribution in [0.2, 0.25) is 0 Å². The first-order valence-corrected chi connectivity index (χ1v) is 6.57. The molecule has 1 aromatic rings. The summed E-state index contributed by atoms with van der Waals surface area (Å²) in [6.07, 6.45) is 7.07. The summed E-state index contributed by atoms with van der Waals surface area (Å²) in [4.78, 5) is 8.94. The Kier molecular flexibility index (Phi) is 3.69. The van der Waals surface area contributed by atoms with Gasteiger partial charge in [0, 0.05) is 37.2 Å². The summed E-state index contributed by atoms with van der Waals surface area (Å²) < 4.78 is 5.57. The predicted molar refractivity (Wildman–Crippen MR) is 71.2 cm³/mol. The molecule has 0 spiro atoms. The number of rotatable bonds is 4. The summed E-state index contributed by atoms with van der Waals surface area (Å²) in [6.45, 7) is 7.24. The van der Waals surface area contributed by atoms with Crippen molar-refractivity contribution in [2.24, 2.45) is 0 Å². The molecular weight excluding hydrogens is 226 g/mol. The van der Waals surface area contributed by atoms with Crippen molar-refractivity contribution in [2.45, 2.75) is 57.7 Å². The van der Waals surface area contributed by atoms with Gasteiger partial charge in [0.2, 0.25) is 0 Å². The first kappa shape index (κ1) is 13.4. The molecule has 0 amide bonds. The Morgan fingerprint density at radius 1 is 1.28 bits per heavy atom. The van der Waals surface area contributed by atoms with Gasteiger partial charge in [-0.25, -0.2) is 9.97 Å². The van der Waals surface area contributed by atoms with Gasteiger partial charge in [-0.05, 0) is 40.0 Å². The maximum absolute atomic E-state index is 5.57. The lowest BCUT2D eigenvalue weighted by molar-refractivity contribution is -0.0847. The van der Waals surface area contributed by atoms with Crippen molar-refractivity contribution in [2.75, 3.05) is 7.11 Å². The van der Waals surface area contributed by atoms with Crippen molar-refractivity contribution in [3.05, 3.63) is 23.8 Å². The van der Waals surface area contributed by atoms with E-state index in [0.717, 1.165) is 30.8 Å². The molecular formula is C14H23N3O. The van der Waals surface area contributed by atoms with Crippen LogP contribution < -0.4 is 5.32 Å². The van der Waals surface area contributed by atoms with E-state index in [1.54, 1.807) is 7.11 Å². The van der Waals surface area contributed by atoms with Crippen molar-refractivity contribution in [3.8, 4) is 0 Å². The molecule has 100 valence electrons. The zero-order valence-electron chi connectivity index (χ0n) is 11.8. The van der Waals surface area contributed by atoms with Crippen molar-refractivity contribution < 1.29 is 4.74 Å². The fraction of sp³-hybridized carbons (Fsp3) is 0.714. The summed E-state index contributed by atoms with van der Waals surface area (Å²) >= 11 is 0. The third-order valence-corrected chi connectivity index (χ3v) is 3.49. The van der Waals surface area contributed by atoms with Crippen LogP contribution in [0.5, 0.6) is 0 Å². The van der Waals surface area contributed by atoms with Crippen LogP contribution in [0.15, 0.2) is 12.4 Å². The smallest absolute Gasteiger partial charge is 0.160 e. The third kappa shape index (κ3) is 2.87. The van der Waals surface area contributed by atoms with E-state index >= 15 is 0 Å². The quantitative estimate of drug-likeness (QED) is 0.890. The minimum Gasteiger partial charge on any atom is -0.370 e. The molecule has 0 saturated heterocycles. The molecule has 1 aliphatic carbocycles. The summed E-state index contributed by atoms with van der Waals surface area (Å²) in [5.41, 5.74) is 1.01. The summed E-state index contributed by atoms with van der Waals surface area (Å²) in [5.74, 6) is 0.829. The molecule has 1 N–H and O–H groups in total. The van der Waals surface area contributed by atoms with Crippen molar-refractivity contribution in [3.63, 3.8) is 0 Å². The fourth-order valence-corrected chi connectivity index (χ4v) is 2.07. The van der Waals surface area contributed by atoms with E-state index in [-0.39, 0.29) is 11.1 Å². The maximum Gasteiger partial charge on any atom is 0.160 e. The number of hydrogen-bond donors (Lipinski definition) is 1. The number of nitrogens with one attached hydrogen (secondary N) is 1. The number of nitrogens with zero attached hydrogens (tertiary/aromatic N) is 2. The molecule has 2 rings (SSSR count). The molecule has 4 heteroatoms. The van der Waals surface area contributed by atoms with Gasteiger partial charge in [0.25, 0.3) is 0 Å². The molecule has 1 aromatic heterocycles. The highest BCUT2D eigenvalue weighted by Crippen LogP contribution is 2.42. The van der Waals surface area contributed by atoms with Crippen LogP contribution in [0, 0.1) is 0 Å². The molecule has 0 unspecified atom stereocenters. The Morgan fingerprint density at radius 3 is 2.28 bits per heavy atom. The Labute approximate surface area is 109 Å². The predicted octanol–water partition coefficient (Wildman–Crippen LogP) is 2.39. The summed E-state index contributed by atoms with van der Waals surface area (Å²) in [7, 11) is 1.75. The average molecular weight is 249 g/mol. The van der Waals surface area contributed by atoms with Crippen LogP contribution in [0.3, 0.4) is 0 Å². The van der Waals surface area contributed by atoms with Gasteiger partial charge in [0.05, 0.1) is 0 Å². The maximum atomic E-state index is 5.57. The molecule has 4 nitrogen and oxygen atoms in total. The van der Waals surface area contributed by atoms with Crippen molar-refractivity contribution in [1.29, 1.82) is 0 Å². The van der Waals surface area contributed by atoms with Gasteiger partial charge < -0.3 is 10.1 Å². The van der Waals surface area contributed by atoms with E-state index in [1.165, 1.54) is 6.42 Å². The lowest BCUT2D eigenvalue weighted by Gasteiger charge is -2.38. The lowest BCUT2D eigenvalue weighted by Crippen LogP contribution is -2.38. The molecule has 1 saturated carbocycles. The van der Waals surface area contributed by atoms with Crippen molar-refractivity contribution in [1.82, 2.24) is 15.3 Å². The van der Waals surface area contributed by atoms with Crippen LogP contribution in [-0.4, -0.2) is 22.6 Å². The van der Waals surface area contributed by atoms with Crippen LogP contribution in [0.25, 0.3) is 0 Å². The fourth-order valence-electron chi connectivity index (χ4n) is 2.07. The van der Waals surface area contributed by atoms with Crippen LogP contribution in [0.1, 0.15) is 51.4 Å². The Balaban J connectivity index is 2.01. The largest absolute Gasteiger partial charge is 0.370 e. The third-order valence-electron chi connectivity index (χ3n) is 3.49. The lowest BCUT2D eigenvalue weighted by atomic mass is 9.79. The van der Waals surface area contributed by atoms with Gasteiger partial charge >= 0.3 is 0 Å². The van der Waals surface area contributed by atoms with E-state index < -0.39 is 0 Å². The number of aromatic nitrogens is 2. The Hall–Kier alpha value is -1.00. The zero-order valence-corrected chi connectivity index (χ0v) is 11.8. The number of ether oxygens (including phenoxy) is 1. The van der Waals surface area contributed by atoms with Gasteiger partial charge in [-0.1, -0.05) is 0 Å². The minimum absolute atomic E-state index is 0.112. The van der Waals surface area contributed by atoms with Gasteiger partial charge in [0.1, 0.15) is 5.60 Å². The van der Waals surface area contributed by atoms with Gasteiger partial charge in [-0.2, -0.15) is 0 Å². The first-order valence-electron chi connectivity index (χ1n) is 6.57. The Morgan fingerprint density at radius 2 is 1.89 bits per heavy atom. The molecule has 0 aliphatic heterocycles. The van der Waals surface area contributed by atoms with E-state index in [2.05, 4.69) is 36.1 Å². The summed E-state index contributed by atoms with van der Waals surface area (Å²) in [6, 6.07) is 0. The molecule has 0 bridgehead atoms. The molecule has 1 aliphatic rings. The molecule has 0 radical (unpaired) electrons. The monoisotopic (exact) mass is 249 g/mol. The molecule has 18 heavy (non-hydrogen) atoms. The van der Waals surface area contributed by atoms with Crippen LogP contribution in [0.4, 0.5) is 0 Å². The standard InChI is InChI=1S/C14H23N3O/c1-13(2,3)17-10-11-8-15-12(16-9-11)14(18-4)6-5-7-14/h8-9,17H,5-7,10H2,1-4H3. The average Bonchev–Trinajstić information content (AvgIpc) is 2.26. The van der Waals surface area contributed by atoms with E-state index in [4.69, 9.17) is 4.74 Å². The highest BCUT2D eigenvalue weighted by molar-refractivity contribution is 5.12. The first-order chi connectivity index (χ1) is 8.45. The Bertz CT molecular complexity index is 385. The van der Waals surface area contributed by atoms with Crippen LogP contribution >= 0.6 is 0 Å². The number of hydrogen-bond acceptors (Lipinski definition) is 4. The second-order valence-corrected chi connectivity index (χ2v) is 6.07. The SMILES string of the molecule is COC1(c2ncc(CNC(C)(C)C)cn2)CCC1. The topological polar surface area (TPSA) is 47.0 Å².